The molecule has 2 rings (SSSR count). The van der Waals surface area contributed by atoms with E-state index in [1.54, 1.807) is 19.4 Å². The number of aliphatic imine (C=N–C) groups is 1. The lowest BCUT2D eigenvalue weighted by molar-refractivity contribution is 0.724. The molecule has 0 radical (unpaired) electrons. The Kier molecular flexibility index (Phi) is 4.49. The van der Waals surface area contributed by atoms with E-state index in [4.69, 9.17) is 0 Å². The van der Waals surface area contributed by atoms with Gasteiger partial charge in [0.15, 0.2) is 5.96 Å². The summed E-state index contributed by atoms with van der Waals surface area (Å²) in [6.07, 6.45) is 5.48. The Labute approximate surface area is 112 Å². The molecule has 0 atom stereocenters. The zero-order valence-corrected chi connectivity index (χ0v) is 11.2. The number of nitrogens with one attached hydrogen (secondary N) is 2. The first-order valence-corrected chi connectivity index (χ1v) is 6.10. The second-order valence-electron chi connectivity index (χ2n) is 4.05. The van der Waals surface area contributed by atoms with Gasteiger partial charge in [-0.25, -0.2) is 4.98 Å². The summed E-state index contributed by atoms with van der Waals surface area (Å²) in [6, 6.07) is 5.84. The highest BCUT2D eigenvalue weighted by molar-refractivity contribution is 5.79. The molecule has 0 saturated carbocycles. The van der Waals surface area contributed by atoms with E-state index in [2.05, 4.69) is 25.6 Å². The van der Waals surface area contributed by atoms with Crippen molar-refractivity contribution in [3.05, 3.63) is 48.3 Å². The van der Waals surface area contributed by atoms with E-state index in [1.165, 1.54) is 0 Å². The van der Waals surface area contributed by atoms with Crippen molar-refractivity contribution in [2.75, 3.05) is 7.05 Å². The van der Waals surface area contributed by atoms with E-state index in [1.807, 2.05) is 36.0 Å². The van der Waals surface area contributed by atoms with E-state index in [9.17, 15) is 0 Å². The van der Waals surface area contributed by atoms with Crippen LogP contribution < -0.4 is 10.6 Å². The van der Waals surface area contributed by atoms with Crippen molar-refractivity contribution in [1.29, 1.82) is 0 Å². The molecule has 0 saturated heterocycles. The molecule has 19 heavy (non-hydrogen) atoms. The smallest absolute Gasteiger partial charge is 0.191 e. The van der Waals surface area contributed by atoms with Gasteiger partial charge in [0.05, 0.1) is 18.8 Å². The Bertz CT molecular complexity index is 531. The molecule has 0 spiro atoms. The van der Waals surface area contributed by atoms with Gasteiger partial charge >= 0.3 is 0 Å². The molecule has 6 heteroatoms. The number of rotatable bonds is 4. The van der Waals surface area contributed by atoms with Crippen LogP contribution in [0.4, 0.5) is 0 Å². The maximum atomic E-state index is 4.25. The van der Waals surface area contributed by atoms with Crippen LogP contribution in [-0.4, -0.2) is 27.5 Å². The molecule has 0 aliphatic carbocycles. The second-order valence-corrected chi connectivity index (χ2v) is 4.05. The summed E-state index contributed by atoms with van der Waals surface area (Å²) < 4.78 is 1.97. The number of imidazole rings is 1. The lowest BCUT2D eigenvalue weighted by Crippen LogP contribution is -2.37. The van der Waals surface area contributed by atoms with Crippen LogP contribution in [0.1, 0.15) is 11.5 Å². The lowest BCUT2D eigenvalue weighted by atomic mass is 10.3. The van der Waals surface area contributed by atoms with Crippen LogP contribution in [0.25, 0.3) is 0 Å². The second kappa shape index (κ2) is 6.53. The summed E-state index contributed by atoms with van der Waals surface area (Å²) in [5, 5.41) is 6.42. The minimum atomic E-state index is 0.630. The van der Waals surface area contributed by atoms with Crippen molar-refractivity contribution < 1.29 is 0 Å². The molecule has 0 bridgehead atoms. The number of aromatic nitrogens is 3. The Morgan fingerprint density at radius 1 is 1.21 bits per heavy atom. The molecule has 0 aliphatic heterocycles. The van der Waals surface area contributed by atoms with Crippen LogP contribution in [0.3, 0.4) is 0 Å². The van der Waals surface area contributed by atoms with E-state index < -0.39 is 0 Å². The highest BCUT2D eigenvalue weighted by Crippen LogP contribution is 1.94. The highest BCUT2D eigenvalue weighted by atomic mass is 15.2. The summed E-state index contributed by atoms with van der Waals surface area (Å²) in [5.41, 5.74) is 0.974. The van der Waals surface area contributed by atoms with Gasteiger partial charge in [0, 0.05) is 32.7 Å². The van der Waals surface area contributed by atoms with Crippen molar-refractivity contribution in [3.63, 3.8) is 0 Å². The normalized spacial score (nSPS) is 11.4. The van der Waals surface area contributed by atoms with E-state index in [0.29, 0.717) is 13.1 Å². The number of pyridine rings is 1. The molecule has 6 nitrogen and oxygen atoms in total. The predicted octanol–water partition coefficient (Wildman–Crippen LogP) is 0.680. The van der Waals surface area contributed by atoms with Crippen LogP contribution in [0.2, 0.25) is 0 Å². The summed E-state index contributed by atoms with van der Waals surface area (Å²) in [4.78, 5) is 12.7. The molecule has 0 unspecified atom stereocenters. The molecule has 0 aromatic carbocycles. The molecule has 2 heterocycles. The van der Waals surface area contributed by atoms with E-state index in [-0.39, 0.29) is 0 Å². The van der Waals surface area contributed by atoms with Gasteiger partial charge in [-0.3, -0.25) is 9.98 Å². The lowest BCUT2D eigenvalue weighted by Gasteiger charge is -2.11. The van der Waals surface area contributed by atoms with E-state index in [0.717, 1.165) is 17.5 Å². The molecular weight excluding hydrogens is 240 g/mol. The Balaban J connectivity index is 1.83. The van der Waals surface area contributed by atoms with Crippen molar-refractivity contribution >= 4 is 5.96 Å². The van der Waals surface area contributed by atoms with Crippen LogP contribution in [0.15, 0.2) is 41.8 Å². The first-order chi connectivity index (χ1) is 9.29. The number of hydrogen-bond donors (Lipinski definition) is 2. The number of hydrogen-bond acceptors (Lipinski definition) is 3. The third kappa shape index (κ3) is 3.80. The number of aryl methyl sites for hydroxylation is 1. The van der Waals surface area contributed by atoms with Gasteiger partial charge < -0.3 is 15.2 Å². The fraction of sp³-hybridized carbons (Fsp3) is 0.308. The Hall–Kier alpha value is -2.37. The van der Waals surface area contributed by atoms with Crippen LogP contribution in [-0.2, 0) is 20.1 Å². The summed E-state index contributed by atoms with van der Waals surface area (Å²) in [6.45, 7) is 1.27. The average molecular weight is 258 g/mol. The molecule has 2 aromatic rings. The molecule has 2 aromatic heterocycles. The van der Waals surface area contributed by atoms with Crippen molar-refractivity contribution in [1.82, 2.24) is 25.2 Å². The van der Waals surface area contributed by atoms with Gasteiger partial charge in [0.25, 0.3) is 0 Å². The summed E-state index contributed by atoms with van der Waals surface area (Å²) in [7, 11) is 3.71. The topological polar surface area (TPSA) is 67.1 Å². The van der Waals surface area contributed by atoms with Crippen LogP contribution in [0, 0.1) is 0 Å². The van der Waals surface area contributed by atoms with Crippen LogP contribution >= 0.6 is 0 Å². The van der Waals surface area contributed by atoms with Gasteiger partial charge in [0.2, 0.25) is 0 Å². The molecule has 2 N–H and O–H groups in total. The molecule has 0 aliphatic rings. The third-order valence-corrected chi connectivity index (χ3v) is 2.72. The SMILES string of the molecule is CN=C(NCc1ccccn1)NCc1nccn1C. The predicted molar refractivity (Wildman–Crippen MR) is 74.5 cm³/mol. The average Bonchev–Trinajstić information content (AvgIpc) is 2.86. The highest BCUT2D eigenvalue weighted by Gasteiger charge is 2.02. The Morgan fingerprint density at radius 2 is 2.05 bits per heavy atom. The Morgan fingerprint density at radius 3 is 2.68 bits per heavy atom. The molecule has 100 valence electrons. The first kappa shape index (κ1) is 13.1. The molecule has 0 fully saturated rings. The first-order valence-electron chi connectivity index (χ1n) is 6.10. The van der Waals surface area contributed by atoms with Gasteiger partial charge in [-0.2, -0.15) is 0 Å². The monoisotopic (exact) mass is 258 g/mol. The van der Waals surface area contributed by atoms with Crippen molar-refractivity contribution in [3.8, 4) is 0 Å². The maximum absolute atomic E-state index is 4.25. The number of guanidine groups is 1. The minimum absolute atomic E-state index is 0.630. The van der Waals surface area contributed by atoms with Gasteiger partial charge in [-0.15, -0.1) is 0 Å². The van der Waals surface area contributed by atoms with Gasteiger partial charge in [0.1, 0.15) is 5.82 Å². The fourth-order valence-electron chi connectivity index (χ4n) is 1.63. The zero-order chi connectivity index (χ0) is 13.5. The molecule has 0 amide bonds. The fourth-order valence-corrected chi connectivity index (χ4v) is 1.63. The summed E-state index contributed by atoms with van der Waals surface area (Å²) in [5.74, 6) is 1.69. The van der Waals surface area contributed by atoms with Gasteiger partial charge in [-0.1, -0.05) is 6.07 Å². The van der Waals surface area contributed by atoms with Crippen molar-refractivity contribution in [2.24, 2.45) is 12.0 Å². The largest absolute Gasteiger partial charge is 0.351 e. The maximum Gasteiger partial charge on any atom is 0.191 e. The third-order valence-electron chi connectivity index (χ3n) is 2.72. The van der Waals surface area contributed by atoms with E-state index >= 15 is 0 Å². The number of nitrogens with zero attached hydrogens (tertiary/aromatic N) is 4. The zero-order valence-electron chi connectivity index (χ0n) is 11.2. The van der Waals surface area contributed by atoms with Crippen molar-refractivity contribution in [2.45, 2.75) is 13.1 Å². The quantitative estimate of drug-likeness (QED) is 0.625. The van der Waals surface area contributed by atoms with Crippen LogP contribution in [0.5, 0.6) is 0 Å². The minimum Gasteiger partial charge on any atom is -0.351 e. The standard InChI is InChI=1S/C13H18N6/c1-14-13(17-9-11-5-3-4-6-15-11)18-10-12-16-7-8-19(12)2/h3-8H,9-10H2,1-2H3,(H2,14,17,18). The van der Waals surface area contributed by atoms with Gasteiger partial charge in [-0.05, 0) is 12.1 Å². The molecular formula is C13H18N6. The summed E-state index contributed by atoms with van der Waals surface area (Å²) >= 11 is 0.